The fourth-order valence-corrected chi connectivity index (χ4v) is 5.85. The minimum absolute atomic E-state index is 0.00592. The van der Waals surface area contributed by atoms with Crippen LogP contribution in [0.5, 0.6) is 5.75 Å². The number of ether oxygens (including phenoxy) is 1. The fourth-order valence-electron chi connectivity index (χ4n) is 5.85. The third-order valence-corrected chi connectivity index (χ3v) is 8.29. The van der Waals surface area contributed by atoms with E-state index in [0.717, 1.165) is 41.7 Å². The van der Waals surface area contributed by atoms with Crippen LogP contribution in [0, 0.1) is 12.8 Å². The number of anilines is 1. The second-order valence-corrected chi connectivity index (χ2v) is 10.9. The maximum Gasteiger partial charge on any atom is 0.280 e. The molecule has 1 aromatic carbocycles. The van der Waals surface area contributed by atoms with Crippen molar-refractivity contribution in [2.45, 2.75) is 57.8 Å². The van der Waals surface area contributed by atoms with Gasteiger partial charge in [-0.1, -0.05) is 6.58 Å². The molecule has 7 nitrogen and oxygen atoms in total. The number of amides is 1. The van der Waals surface area contributed by atoms with Crippen molar-refractivity contribution in [1.82, 2.24) is 19.8 Å². The quantitative estimate of drug-likeness (QED) is 0.423. The number of alkyl halides is 2. The summed E-state index contributed by atoms with van der Waals surface area (Å²) in [7, 11) is 3.51. The number of carbonyl (C=O) groups is 1. The third kappa shape index (κ3) is 4.13. The van der Waals surface area contributed by atoms with Crippen LogP contribution in [0.15, 0.2) is 36.9 Å². The molecule has 2 saturated heterocycles. The predicted molar refractivity (Wildman–Crippen MR) is 144 cm³/mol. The Kier molecular flexibility index (Phi) is 5.94. The Bertz CT molecular complexity index is 1450. The van der Waals surface area contributed by atoms with Gasteiger partial charge < -0.3 is 24.4 Å². The van der Waals surface area contributed by atoms with Gasteiger partial charge in [-0.05, 0) is 68.5 Å². The number of carbonyl (C=O) groups excluding carboxylic acids is 1. The highest BCUT2D eigenvalue weighted by Gasteiger charge is 2.51. The van der Waals surface area contributed by atoms with Crippen molar-refractivity contribution in [2.24, 2.45) is 5.92 Å². The molecule has 1 amide bonds. The highest BCUT2D eigenvalue weighted by molar-refractivity contribution is 5.97. The van der Waals surface area contributed by atoms with Gasteiger partial charge in [-0.15, -0.1) is 0 Å². The molecular weight excluding hydrogens is 488 g/mol. The lowest BCUT2D eigenvalue weighted by atomic mass is 10.1. The van der Waals surface area contributed by atoms with Gasteiger partial charge in [-0.25, -0.2) is 13.8 Å². The topological polar surface area (TPSA) is 72.5 Å². The van der Waals surface area contributed by atoms with Crippen LogP contribution in [0.25, 0.3) is 16.7 Å². The Labute approximate surface area is 221 Å². The van der Waals surface area contributed by atoms with Crippen molar-refractivity contribution >= 4 is 28.3 Å². The zero-order valence-electron chi connectivity index (χ0n) is 22.2. The molecule has 0 bridgehead atoms. The van der Waals surface area contributed by atoms with Crippen LogP contribution < -0.4 is 15.0 Å². The molecule has 1 saturated carbocycles. The Morgan fingerprint density at radius 3 is 2.68 bits per heavy atom. The molecule has 6 rings (SSSR count). The summed E-state index contributed by atoms with van der Waals surface area (Å²) in [5, 5.41) is 4.20. The maximum atomic E-state index is 13.4. The van der Waals surface area contributed by atoms with Gasteiger partial charge in [-0.2, -0.15) is 0 Å². The number of hydrogen-bond donors (Lipinski definition) is 1. The van der Waals surface area contributed by atoms with E-state index in [9.17, 15) is 13.6 Å². The van der Waals surface area contributed by atoms with Gasteiger partial charge in [0.15, 0.2) is 0 Å². The average Bonchev–Trinajstić information content (AvgIpc) is 3.82. The SMILES string of the molecule is C=C(c1cc2ccc(C(F)F)nc2n1CC1CC1)N(C)c1c(C)cc(C(=O)N2CC3NC3C2C)cc1OC. The van der Waals surface area contributed by atoms with Gasteiger partial charge in [0.2, 0.25) is 0 Å². The Hall–Kier alpha value is -3.46. The molecule has 38 heavy (non-hydrogen) atoms. The molecule has 9 heteroatoms. The molecule has 3 unspecified atom stereocenters. The summed E-state index contributed by atoms with van der Waals surface area (Å²) in [6.07, 6.45) is -0.395. The Morgan fingerprint density at radius 2 is 2.05 bits per heavy atom. The molecule has 2 aliphatic heterocycles. The van der Waals surface area contributed by atoms with E-state index in [0.29, 0.717) is 47.2 Å². The summed E-state index contributed by atoms with van der Waals surface area (Å²) >= 11 is 0. The zero-order valence-corrected chi connectivity index (χ0v) is 22.2. The number of hydrogen-bond acceptors (Lipinski definition) is 5. The minimum Gasteiger partial charge on any atom is -0.495 e. The normalized spacial score (nSPS) is 22.2. The molecule has 3 aromatic rings. The Morgan fingerprint density at radius 1 is 1.29 bits per heavy atom. The molecular formula is C29H33F2N5O2. The van der Waals surface area contributed by atoms with Gasteiger partial charge in [0.25, 0.3) is 12.3 Å². The smallest absolute Gasteiger partial charge is 0.280 e. The summed E-state index contributed by atoms with van der Waals surface area (Å²) in [5.74, 6) is 1.09. The highest BCUT2D eigenvalue weighted by atomic mass is 19.3. The monoisotopic (exact) mass is 521 g/mol. The lowest BCUT2D eigenvalue weighted by Gasteiger charge is -2.28. The molecule has 1 N–H and O–H groups in total. The number of nitrogens with zero attached hydrogens (tertiary/aromatic N) is 4. The van der Waals surface area contributed by atoms with Gasteiger partial charge in [0.1, 0.15) is 17.1 Å². The van der Waals surface area contributed by atoms with Crippen LogP contribution in [-0.4, -0.2) is 59.2 Å². The molecule has 3 aliphatic rings. The molecule has 2 aromatic heterocycles. The molecule has 200 valence electrons. The van der Waals surface area contributed by atoms with Crippen LogP contribution in [0.4, 0.5) is 14.5 Å². The fraction of sp³-hybridized carbons (Fsp3) is 0.448. The number of halogens is 2. The van der Waals surface area contributed by atoms with Crippen LogP contribution in [0.2, 0.25) is 0 Å². The highest BCUT2D eigenvalue weighted by Crippen LogP contribution is 2.40. The molecule has 0 radical (unpaired) electrons. The van der Waals surface area contributed by atoms with Crippen molar-refractivity contribution in [3.63, 3.8) is 0 Å². The second-order valence-electron chi connectivity index (χ2n) is 10.9. The predicted octanol–water partition coefficient (Wildman–Crippen LogP) is 4.99. The third-order valence-electron chi connectivity index (χ3n) is 8.29. The average molecular weight is 522 g/mol. The first-order valence-corrected chi connectivity index (χ1v) is 13.1. The van der Waals surface area contributed by atoms with E-state index in [2.05, 4.69) is 23.8 Å². The van der Waals surface area contributed by atoms with Crippen molar-refractivity contribution in [2.75, 3.05) is 25.6 Å². The lowest BCUT2D eigenvalue weighted by molar-refractivity contribution is 0.0727. The van der Waals surface area contributed by atoms with E-state index in [4.69, 9.17) is 4.74 Å². The number of aromatic nitrogens is 2. The van der Waals surface area contributed by atoms with Crippen LogP contribution in [0.1, 0.15) is 53.5 Å². The lowest BCUT2D eigenvalue weighted by Crippen LogP contribution is -2.40. The van der Waals surface area contributed by atoms with Crippen LogP contribution >= 0.6 is 0 Å². The van der Waals surface area contributed by atoms with E-state index >= 15 is 0 Å². The van der Waals surface area contributed by atoms with E-state index < -0.39 is 6.43 Å². The summed E-state index contributed by atoms with van der Waals surface area (Å²) in [5.41, 5.74) is 4.14. The number of nitrogens with one attached hydrogen (secondary N) is 1. The second kappa shape index (κ2) is 9.08. The molecule has 3 fully saturated rings. The number of pyridine rings is 1. The summed E-state index contributed by atoms with van der Waals surface area (Å²) in [6, 6.07) is 9.71. The zero-order chi connectivity index (χ0) is 26.9. The number of piperazine rings is 1. The van der Waals surface area contributed by atoms with Crippen molar-refractivity contribution < 1.29 is 18.3 Å². The largest absolute Gasteiger partial charge is 0.495 e. The summed E-state index contributed by atoms with van der Waals surface area (Å²) in [4.78, 5) is 21.5. The first-order chi connectivity index (χ1) is 18.2. The molecule has 0 spiro atoms. The number of rotatable bonds is 8. The number of likely N-dealkylation sites (tertiary alicyclic amines) is 1. The summed E-state index contributed by atoms with van der Waals surface area (Å²) in [6.45, 7) is 9.86. The van der Waals surface area contributed by atoms with Gasteiger partial charge in [0.05, 0.1) is 24.2 Å². The first kappa shape index (κ1) is 24.9. The standard InChI is InChI=1S/C29H33F2N5O2/c1-15-10-20(29(37)35-14-22-25(32-22)17(35)3)12-24(38-5)26(15)34(4)16(2)23-11-19-8-9-21(27(30)31)33-28(19)36(23)13-18-6-7-18/h8-12,17-18,22,25,27,32H,2,6-7,13-14H2,1,3-5H3. The van der Waals surface area contributed by atoms with E-state index in [1.807, 2.05) is 40.5 Å². The van der Waals surface area contributed by atoms with Crippen LogP contribution in [-0.2, 0) is 6.54 Å². The molecule has 4 heterocycles. The Balaban J connectivity index is 1.35. The van der Waals surface area contributed by atoms with E-state index in [1.54, 1.807) is 19.2 Å². The van der Waals surface area contributed by atoms with Crippen molar-refractivity contribution in [1.29, 1.82) is 0 Å². The van der Waals surface area contributed by atoms with E-state index in [1.165, 1.54) is 6.07 Å². The van der Waals surface area contributed by atoms with Crippen molar-refractivity contribution in [3.8, 4) is 5.75 Å². The van der Waals surface area contributed by atoms with Crippen LogP contribution in [0.3, 0.4) is 0 Å². The van der Waals surface area contributed by atoms with E-state index in [-0.39, 0.29) is 17.6 Å². The number of fused-ring (bicyclic) bond motifs is 2. The maximum absolute atomic E-state index is 13.4. The molecule has 1 aliphatic carbocycles. The minimum atomic E-state index is -2.63. The number of methoxy groups -OCH3 is 1. The van der Waals surface area contributed by atoms with Gasteiger partial charge >= 0.3 is 0 Å². The summed E-state index contributed by atoms with van der Waals surface area (Å²) < 4.78 is 34.7. The van der Waals surface area contributed by atoms with Crippen molar-refractivity contribution in [3.05, 3.63) is 59.4 Å². The number of aryl methyl sites for hydroxylation is 1. The molecule has 3 atom stereocenters. The number of benzene rings is 1. The van der Waals surface area contributed by atoms with Gasteiger partial charge in [-0.3, -0.25) is 4.79 Å². The van der Waals surface area contributed by atoms with Gasteiger partial charge in [0, 0.05) is 49.2 Å². The first-order valence-electron chi connectivity index (χ1n) is 13.1.